The van der Waals surface area contributed by atoms with Crippen molar-refractivity contribution in [1.82, 2.24) is 4.31 Å². The summed E-state index contributed by atoms with van der Waals surface area (Å²) in [6, 6.07) is 22.9. The Morgan fingerprint density at radius 1 is 0.941 bits per heavy atom. The number of rotatable bonds is 8. The van der Waals surface area contributed by atoms with E-state index in [1.54, 1.807) is 48.5 Å². The molecule has 3 aromatic carbocycles. The van der Waals surface area contributed by atoms with Gasteiger partial charge in [-0.15, -0.1) is 0 Å². The molecule has 0 spiro atoms. The number of nitrogens with zero attached hydrogens (tertiary/aromatic N) is 1. The summed E-state index contributed by atoms with van der Waals surface area (Å²) in [5.41, 5.74) is 0.636. The van der Waals surface area contributed by atoms with Gasteiger partial charge >= 0.3 is 0 Å². The Morgan fingerprint density at radius 2 is 1.59 bits per heavy atom. The highest BCUT2D eigenvalue weighted by Gasteiger charge is 2.33. The molecule has 1 saturated heterocycles. The molecule has 1 atom stereocenters. The van der Waals surface area contributed by atoms with E-state index in [1.807, 2.05) is 37.3 Å². The maximum Gasteiger partial charge on any atom is 0.243 e. The second kappa shape index (κ2) is 10.7. The molecule has 178 valence electrons. The Balaban J connectivity index is 1.37. The molecule has 0 saturated carbocycles. The van der Waals surface area contributed by atoms with E-state index < -0.39 is 15.9 Å². The first-order chi connectivity index (χ1) is 16.5. The van der Waals surface area contributed by atoms with Crippen LogP contribution in [0.25, 0.3) is 0 Å². The molecule has 1 N–H and O–H groups in total. The maximum absolute atomic E-state index is 13.1. The lowest BCUT2D eigenvalue weighted by molar-refractivity contribution is -0.120. The fourth-order valence-corrected chi connectivity index (χ4v) is 5.40. The van der Waals surface area contributed by atoms with E-state index in [9.17, 15) is 13.2 Å². The van der Waals surface area contributed by atoms with Crippen LogP contribution in [0, 0.1) is 5.92 Å². The molecular formula is C26H28N2O5S. The molecule has 4 rings (SSSR count). The second-order valence-corrected chi connectivity index (χ2v) is 9.97. The predicted molar refractivity (Wildman–Crippen MR) is 131 cm³/mol. The number of sulfonamides is 1. The van der Waals surface area contributed by atoms with Gasteiger partial charge in [-0.1, -0.05) is 18.2 Å². The Labute approximate surface area is 200 Å². The van der Waals surface area contributed by atoms with Gasteiger partial charge in [0, 0.05) is 18.8 Å². The van der Waals surface area contributed by atoms with E-state index in [2.05, 4.69) is 5.32 Å². The predicted octanol–water partition coefficient (Wildman–Crippen LogP) is 4.92. The number of carbonyl (C=O) groups excluding carboxylic acids is 1. The molecule has 7 nitrogen and oxygen atoms in total. The van der Waals surface area contributed by atoms with E-state index in [4.69, 9.17) is 9.47 Å². The van der Waals surface area contributed by atoms with Crippen LogP contribution in [0.1, 0.15) is 19.8 Å². The average Bonchev–Trinajstić information content (AvgIpc) is 2.86. The number of nitrogens with one attached hydrogen (secondary N) is 1. The van der Waals surface area contributed by atoms with Crippen molar-refractivity contribution < 1.29 is 22.7 Å². The van der Waals surface area contributed by atoms with Gasteiger partial charge in [-0.2, -0.15) is 4.31 Å². The van der Waals surface area contributed by atoms with Crippen LogP contribution < -0.4 is 14.8 Å². The Hall–Kier alpha value is -3.36. The highest BCUT2D eigenvalue weighted by atomic mass is 32.2. The minimum atomic E-state index is -3.69. The van der Waals surface area contributed by atoms with Gasteiger partial charge in [-0.05, 0) is 80.4 Å². The largest absolute Gasteiger partial charge is 0.494 e. The van der Waals surface area contributed by atoms with E-state index in [0.717, 1.165) is 5.75 Å². The summed E-state index contributed by atoms with van der Waals surface area (Å²) in [5.74, 6) is 1.40. The van der Waals surface area contributed by atoms with Crippen LogP contribution >= 0.6 is 0 Å². The number of carbonyl (C=O) groups is 1. The lowest BCUT2D eigenvalue weighted by Gasteiger charge is -2.31. The zero-order valence-corrected chi connectivity index (χ0v) is 19.8. The van der Waals surface area contributed by atoms with Gasteiger partial charge in [0.25, 0.3) is 0 Å². The van der Waals surface area contributed by atoms with Gasteiger partial charge in [0.15, 0.2) is 0 Å². The molecule has 1 fully saturated rings. The van der Waals surface area contributed by atoms with Crippen molar-refractivity contribution in [2.75, 3.05) is 25.0 Å². The van der Waals surface area contributed by atoms with E-state index in [-0.39, 0.29) is 17.3 Å². The third-order valence-corrected chi connectivity index (χ3v) is 7.51. The molecular weight excluding hydrogens is 452 g/mol. The molecule has 1 amide bonds. The molecule has 3 aromatic rings. The van der Waals surface area contributed by atoms with Crippen LogP contribution in [0.3, 0.4) is 0 Å². The second-order valence-electron chi connectivity index (χ2n) is 8.04. The first-order valence-electron chi connectivity index (χ1n) is 11.3. The van der Waals surface area contributed by atoms with Crippen LogP contribution in [0.5, 0.6) is 17.2 Å². The number of anilines is 1. The SMILES string of the molecule is CCOc1ccc(S(=O)(=O)N2CCC[C@@H](C(=O)Nc3ccc(Oc4ccccc4)cc3)C2)cc1. The minimum Gasteiger partial charge on any atom is -0.494 e. The lowest BCUT2D eigenvalue weighted by atomic mass is 9.99. The summed E-state index contributed by atoms with van der Waals surface area (Å²) in [5, 5.41) is 2.90. The van der Waals surface area contributed by atoms with Crippen molar-refractivity contribution in [3.05, 3.63) is 78.9 Å². The molecule has 0 unspecified atom stereocenters. The smallest absolute Gasteiger partial charge is 0.243 e. The fraction of sp³-hybridized carbons (Fsp3) is 0.269. The van der Waals surface area contributed by atoms with Crippen molar-refractivity contribution in [2.45, 2.75) is 24.7 Å². The highest BCUT2D eigenvalue weighted by Crippen LogP contribution is 2.27. The Kier molecular flexibility index (Phi) is 7.49. The standard InChI is InChI=1S/C26H28N2O5S/c1-2-32-22-14-16-25(17-15-22)34(30,31)28-18-6-7-20(19-28)26(29)27-21-10-12-24(13-11-21)33-23-8-4-3-5-9-23/h3-5,8-17,20H,2,6-7,18-19H2,1H3,(H,27,29)/t20-/m1/s1. The lowest BCUT2D eigenvalue weighted by Crippen LogP contribution is -2.43. The summed E-state index contributed by atoms with van der Waals surface area (Å²) >= 11 is 0. The minimum absolute atomic E-state index is 0.149. The normalized spacial score (nSPS) is 16.6. The van der Waals surface area contributed by atoms with E-state index in [1.165, 1.54) is 4.31 Å². The summed E-state index contributed by atoms with van der Waals surface area (Å²) < 4.78 is 38.8. The van der Waals surface area contributed by atoms with Crippen molar-refractivity contribution in [3.63, 3.8) is 0 Å². The molecule has 0 radical (unpaired) electrons. The van der Waals surface area contributed by atoms with Gasteiger partial charge < -0.3 is 14.8 Å². The number of benzene rings is 3. The van der Waals surface area contributed by atoms with Crippen molar-refractivity contribution in [3.8, 4) is 17.2 Å². The van der Waals surface area contributed by atoms with Gasteiger partial charge in [0.1, 0.15) is 17.2 Å². The molecule has 0 aliphatic carbocycles. The van der Waals surface area contributed by atoms with Crippen LogP contribution in [0.15, 0.2) is 83.8 Å². The zero-order valence-electron chi connectivity index (χ0n) is 19.0. The number of para-hydroxylation sites is 1. The molecule has 1 aliphatic heterocycles. The van der Waals surface area contributed by atoms with Gasteiger partial charge in [0.2, 0.25) is 15.9 Å². The summed E-state index contributed by atoms with van der Waals surface area (Å²) in [6.07, 6.45) is 1.26. The molecule has 1 aliphatic rings. The van der Waals surface area contributed by atoms with Crippen molar-refractivity contribution in [2.24, 2.45) is 5.92 Å². The van der Waals surface area contributed by atoms with E-state index in [0.29, 0.717) is 43.2 Å². The average molecular weight is 481 g/mol. The molecule has 34 heavy (non-hydrogen) atoms. The van der Waals surface area contributed by atoms with Gasteiger partial charge in [0.05, 0.1) is 17.4 Å². The first-order valence-corrected chi connectivity index (χ1v) is 12.8. The van der Waals surface area contributed by atoms with Crippen LogP contribution in [0.4, 0.5) is 5.69 Å². The molecule has 0 bridgehead atoms. The van der Waals surface area contributed by atoms with Gasteiger partial charge in [-0.25, -0.2) is 8.42 Å². The number of ether oxygens (including phenoxy) is 2. The number of amides is 1. The van der Waals surface area contributed by atoms with Crippen molar-refractivity contribution in [1.29, 1.82) is 0 Å². The summed E-state index contributed by atoms with van der Waals surface area (Å²) in [7, 11) is -3.69. The maximum atomic E-state index is 13.1. The summed E-state index contributed by atoms with van der Waals surface area (Å²) in [6.45, 7) is 2.93. The van der Waals surface area contributed by atoms with Crippen molar-refractivity contribution >= 4 is 21.6 Å². The molecule has 1 heterocycles. The molecule has 8 heteroatoms. The topological polar surface area (TPSA) is 84.9 Å². The van der Waals surface area contributed by atoms with Gasteiger partial charge in [-0.3, -0.25) is 4.79 Å². The molecule has 0 aromatic heterocycles. The third kappa shape index (κ3) is 5.76. The fourth-order valence-electron chi connectivity index (χ4n) is 3.87. The highest BCUT2D eigenvalue weighted by molar-refractivity contribution is 7.89. The quantitative estimate of drug-likeness (QED) is 0.495. The third-order valence-electron chi connectivity index (χ3n) is 5.63. The number of hydrogen-bond donors (Lipinski definition) is 1. The monoisotopic (exact) mass is 480 g/mol. The summed E-state index contributed by atoms with van der Waals surface area (Å²) in [4.78, 5) is 13.1. The zero-order chi connectivity index (χ0) is 24.0. The first kappa shape index (κ1) is 23.8. The Morgan fingerprint density at radius 3 is 2.26 bits per heavy atom. The Bertz CT molecular complexity index is 1200. The number of hydrogen-bond acceptors (Lipinski definition) is 5. The van der Waals surface area contributed by atoms with Crippen LogP contribution in [0.2, 0.25) is 0 Å². The number of piperidine rings is 1. The van der Waals surface area contributed by atoms with Crippen LogP contribution in [-0.2, 0) is 14.8 Å². The van der Waals surface area contributed by atoms with E-state index >= 15 is 0 Å². The van der Waals surface area contributed by atoms with Crippen LogP contribution in [-0.4, -0.2) is 38.3 Å².